The molecule has 6 aromatic rings. The number of aliphatic hydroxyl groups is 2. The number of aromatic nitrogens is 4. The van der Waals surface area contributed by atoms with Gasteiger partial charge in [-0.3, -0.25) is 9.59 Å². The standard InChI is InChI=1S/C22H18FN5O4.C22H20FN3O4.C6H15O3P/c1-3-22(31)15-5-18-19-13(8-28(18)20(29)14(15)9-32-21(22)30)12(7-25-27-24)11-4-10(2)16(23)6-17(11)26-19;1-3-22(29)15-5-18-19-13(8-26(18)20(27)14(15)9-30-21(22)28)12(7-24)11-4-10(2)16(23)6-17(11)25-19;1-4-7-10(8-5-2)9-6-3/h4-6,31H,3,7-9H2,1-2H3;4-6,29H,3,7-9,24H2,1-2H3;4-6H2,1-3H3/t2*22-;/m00./s1. The molecule has 4 N–H and O–H groups in total. The zero-order valence-electron chi connectivity index (χ0n) is 40.7. The molecule has 10 rings (SSSR count). The molecule has 0 unspecified atom stereocenters. The number of carbonyl (C=O) groups is 2. The van der Waals surface area contributed by atoms with Crippen LogP contribution < -0.4 is 16.9 Å². The number of hydrogen-bond donors (Lipinski definition) is 3. The van der Waals surface area contributed by atoms with E-state index in [2.05, 4.69) is 20.0 Å². The van der Waals surface area contributed by atoms with Crippen molar-refractivity contribution in [2.45, 2.75) is 112 Å². The van der Waals surface area contributed by atoms with Gasteiger partial charge in [0.1, 0.15) is 24.8 Å². The number of rotatable bonds is 11. The number of azide groups is 1. The SMILES string of the molecule is CCOP(OCC)OCC.CC[C@@]1(O)C(=O)OCc2c1cc1n(c2=O)Cc2c-1nc1cc(F)c(C)cc1c2CN.CC[C@@]1(O)C(=O)OCc2c1cc1n(c2=O)Cc2c-1nc1cc(F)c(C)cc1c2CN=[N+]=[N-]. The first kappa shape index (κ1) is 51.8. The van der Waals surface area contributed by atoms with Crippen molar-refractivity contribution < 1.29 is 51.6 Å². The Balaban J connectivity index is 0.000000163. The number of carbonyl (C=O) groups excluding carboxylic acids is 2. The second kappa shape index (κ2) is 20.5. The normalized spacial score (nSPS) is 17.8. The quantitative estimate of drug-likeness (QED) is 0.0370. The van der Waals surface area contributed by atoms with Gasteiger partial charge >= 0.3 is 20.5 Å². The van der Waals surface area contributed by atoms with Crippen LogP contribution in [0, 0.1) is 25.5 Å². The van der Waals surface area contributed by atoms with Crippen LogP contribution in [-0.4, -0.2) is 61.1 Å². The Labute approximate surface area is 412 Å². The number of cyclic esters (lactones) is 2. The number of nitrogens with zero attached hydrogens (tertiary/aromatic N) is 7. The zero-order chi connectivity index (χ0) is 52.0. The molecule has 0 fully saturated rings. The molecule has 4 aliphatic rings. The van der Waals surface area contributed by atoms with Crippen LogP contribution in [0.25, 0.3) is 55.0 Å². The summed E-state index contributed by atoms with van der Waals surface area (Å²) >= 11 is 0. The van der Waals surface area contributed by atoms with Gasteiger partial charge in [-0.15, -0.1) is 0 Å². The van der Waals surface area contributed by atoms with Crippen LogP contribution in [0.2, 0.25) is 0 Å². The fourth-order valence-corrected chi connectivity index (χ4v) is 10.4. The van der Waals surface area contributed by atoms with Gasteiger partial charge in [-0.2, -0.15) is 0 Å². The van der Waals surface area contributed by atoms with E-state index in [0.29, 0.717) is 81.3 Å². The molecule has 72 heavy (non-hydrogen) atoms. The zero-order valence-corrected chi connectivity index (χ0v) is 41.6. The van der Waals surface area contributed by atoms with Crippen molar-refractivity contribution in [3.8, 4) is 22.8 Å². The average Bonchev–Trinajstić information content (AvgIpc) is 3.92. The van der Waals surface area contributed by atoms with E-state index in [1.807, 2.05) is 20.8 Å². The molecule has 0 aliphatic carbocycles. The minimum absolute atomic E-state index is 0.00583. The summed E-state index contributed by atoms with van der Waals surface area (Å²) < 4.78 is 57.1. The summed E-state index contributed by atoms with van der Waals surface area (Å²) in [5.74, 6) is -2.37. The van der Waals surface area contributed by atoms with Crippen molar-refractivity contribution in [1.29, 1.82) is 0 Å². The molecule has 4 aromatic heterocycles. The van der Waals surface area contributed by atoms with Crippen LogP contribution in [0.4, 0.5) is 8.78 Å². The van der Waals surface area contributed by atoms with E-state index in [4.69, 9.17) is 34.3 Å². The highest BCUT2D eigenvalue weighted by Gasteiger charge is 2.47. The molecule has 0 saturated carbocycles. The predicted molar refractivity (Wildman–Crippen MR) is 261 cm³/mol. The van der Waals surface area contributed by atoms with Crippen molar-refractivity contribution >= 4 is 42.3 Å². The lowest BCUT2D eigenvalue weighted by Crippen LogP contribution is -2.44. The number of aryl methyl sites for hydroxylation is 2. The van der Waals surface area contributed by atoms with Crippen LogP contribution in [0.5, 0.6) is 0 Å². The molecule has 19 nitrogen and oxygen atoms in total. The lowest BCUT2D eigenvalue weighted by molar-refractivity contribution is -0.172. The highest BCUT2D eigenvalue weighted by atomic mass is 31.2. The van der Waals surface area contributed by atoms with Gasteiger partial charge < -0.3 is 48.1 Å². The maximum Gasteiger partial charge on any atom is 0.343 e. The molecule has 0 bridgehead atoms. The van der Waals surface area contributed by atoms with Gasteiger partial charge in [0.2, 0.25) is 0 Å². The number of ether oxygens (including phenoxy) is 2. The topological polar surface area (TPSA) is 265 Å². The summed E-state index contributed by atoms with van der Waals surface area (Å²) in [4.78, 5) is 63.2. The van der Waals surface area contributed by atoms with E-state index in [0.717, 1.165) is 16.5 Å². The first-order valence-corrected chi connectivity index (χ1v) is 24.5. The number of hydrogen-bond acceptors (Lipinski definition) is 15. The largest absolute Gasteiger partial charge is 0.458 e. The Morgan fingerprint density at radius 2 is 1.12 bits per heavy atom. The maximum atomic E-state index is 14.3. The molecular weight excluding hydrogens is 958 g/mol. The number of fused-ring (bicyclic) bond motifs is 10. The summed E-state index contributed by atoms with van der Waals surface area (Å²) in [6.07, 6.45) is 0.102. The molecular formula is C50H53F2N8O11P. The van der Waals surface area contributed by atoms with Gasteiger partial charge in [0.05, 0.1) is 84.4 Å². The smallest absolute Gasteiger partial charge is 0.343 e. The minimum atomic E-state index is -1.93. The van der Waals surface area contributed by atoms with Crippen LogP contribution in [-0.2, 0) is 83.2 Å². The van der Waals surface area contributed by atoms with Gasteiger partial charge in [0, 0.05) is 56.6 Å². The summed E-state index contributed by atoms with van der Waals surface area (Å²) in [5.41, 5.74) is 17.8. The molecule has 0 radical (unpaired) electrons. The molecule has 2 aromatic carbocycles. The molecule has 22 heteroatoms. The average molecular weight is 1010 g/mol. The van der Waals surface area contributed by atoms with Gasteiger partial charge in [-0.1, -0.05) is 19.0 Å². The van der Waals surface area contributed by atoms with E-state index >= 15 is 0 Å². The molecule has 0 amide bonds. The number of nitrogens with two attached hydrogens (primary N) is 1. The summed E-state index contributed by atoms with van der Waals surface area (Å²) in [6, 6.07) is 9.27. The molecule has 2 atom stereocenters. The molecule has 378 valence electrons. The molecule has 4 aliphatic heterocycles. The number of halogens is 2. The van der Waals surface area contributed by atoms with E-state index in [9.17, 15) is 38.2 Å². The van der Waals surface area contributed by atoms with Crippen molar-refractivity contribution in [2.24, 2.45) is 10.8 Å². The Bertz CT molecular complexity index is 3380. The Morgan fingerprint density at radius 1 is 0.708 bits per heavy atom. The van der Waals surface area contributed by atoms with Gasteiger partial charge in [0.25, 0.3) is 11.1 Å². The predicted octanol–water partition coefficient (Wildman–Crippen LogP) is 7.65. The van der Waals surface area contributed by atoms with Crippen LogP contribution in [0.1, 0.15) is 103 Å². The van der Waals surface area contributed by atoms with Crippen LogP contribution in [0.3, 0.4) is 0 Å². The van der Waals surface area contributed by atoms with Gasteiger partial charge in [-0.05, 0) is 99.5 Å². The van der Waals surface area contributed by atoms with Gasteiger partial charge in [-0.25, -0.2) is 28.3 Å². The first-order chi connectivity index (χ1) is 34.4. The van der Waals surface area contributed by atoms with E-state index in [1.54, 1.807) is 56.5 Å². The second-order valence-corrected chi connectivity index (χ2v) is 18.6. The Morgan fingerprint density at radius 3 is 1.51 bits per heavy atom. The first-order valence-electron chi connectivity index (χ1n) is 23.4. The maximum absolute atomic E-state index is 14.3. The van der Waals surface area contributed by atoms with Crippen LogP contribution in [0.15, 0.2) is 51.1 Å². The lowest BCUT2D eigenvalue weighted by Gasteiger charge is -2.31. The Kier molecular flexibility index (Phi) is 14.8. The fraction of sp³-hybridized carbons (Fsp3) is 0.400. The lowest BCUT2D eigenvalue weighted by atomic mass is 9.86. The summed E-state index contributed by atoms with van der Waals surface area (Å²) in [5, 5.41) is 27.0. The third-order valence-electron chi connectivity index (χ3n) is 13.4. The van der Waals surface area contributed by atoms with E-state index < -0.39 is 43.1 Å². The summed E-state index contributed by atoms with van der Waals surface area (Å²) in [6.45, 7) is 14.5. The number of benzene rings is 2. The van der Waals surface area contributed by atoms with Gasteiger partial charge in [0.15, 0.2) is 11.2 Å². The number of esters is 2. The monoisotopic (exact) mass is 1010 g/mol. The van der Waals surface area contributed by atoms with E-state index in [1.165, 1.54) is 16.7 Å². The second-order valence-electron chi connectivity index (χ2n) is 17.3. The third kappa shape index (κ3) is 8.72. The molecule has 0 saturated heterocycles. The molecule has 8 heterocycles. The van der Waals surface area contributed by atoms with Crippen molar-refractivity contribution in [2.75, 3.05) is 19.8 Å². The Hall–Kier alpha value is -6.54. The molecule has 0 spiro atoms. The minimum Gasteiger partial charge on any atom is -0.458 e. The fourth-order valence-electron chi connectivity index (χ4n) is 9.53. The van der Waals surface area contributed by atoms with Crippen molar-refractivity contribution in [1.82, 2.24) is 19.1 Å². The van der Waals surface area contributed by atoms with Crippen LogP contribution >= 0.6 is 8.60 Å². The van der Waals surface area contributed by atoms with E-state index in [-0.39, 0.29) is 85.9 Å². The van der Waals surface area contributed by atoms with Crippen molar-refractivity contribution in [3.63, 3.8) is 0 Å². The highest BCUT2D eigenvalue weighted by molar-refractivity contribution is 7.41. The van der Waals surface area contributed by atoms with Crippen molar-refractivity contribution in [3.05, 3.63) is 135 Å². The highest BCUT2D eigenvalue weighted by Crippen LogP contribution is 2.43. The summed E-state index contributed by atoms with van der Waals surface area (Å²) in [7, 11) is -1.06. The number of pyridine rings is 4. The third-order valence-corrected chi connectivity index (χ3v) is 14.8.